The Hall–Kier alpha value is -0.630. The number of nitrogens with one attached hydrogen (secondary N) is 1. The van der Waals surface area contributed by atoms with Crippen LogP contribution in [0.4, 0.5) is 5.69 Å². The second-order valence-corrected chi connectivity index (χ2v) is 7.39. The number of aryl methyl sites for hydroxylation is 2. The Balaban J connectivity index is 2.22. The maximum atomic E-state index is 3.56. The molecule has 0 spiro atoms. The van der Waals surface area contributed by atoms with Gasteiger partial charge in [0.25, 0.3) is 0 Å². The molecule has 0 aliphatic heterocycles. The van der Waals surface area contributed by atoms with Crippen LogP contribution in [-0.4, -0.2) is 11.1 Å². The minimum Gasteiger partial charge on any atom is -0.376 e. The van der Waals surface area contributed by atoms with E-state index in [9.17, 15) is 0 Å². The number of hydrogen-bond acceptors (Lipinski definition) is 2. The maximum Gasteiger partial charge on any atom is 0.0613 e. The van der Waals surface area contributed by atoms with Crippen molar-refractivity contribution in [3.8, 4) is 0 Å². The Labute approximate surface area is 136 Å². The average molecular weight is 308 g/mol. The molecule has 0 aromatic heterocycles. The third kappa shape index (κ3) is 8.40. The second-order valence-electron chi connectivity index (χ2n) is 6.10. The molecule has 0 saturated carbocycles. The van der Waals surface area contributed by atoms with Gasteiger partial charge >= 0.3 is 0 Å². The minimum absolute atomic E-state index is 0.810. The van der Waals surface area contributed by atoms with Crippen molar-refractivity contribution in [3.05, 3.63) is 29.3 Å². The van der Waals surface area contributed by atoms with Crippen molar-refractivity contribution in [1.82, 2.24) is 0 Å². The Kier molecular flexibility index (Phi) is 9.65. The summed E-state index contributed by atoms with van der Waals surface area (Å²) in [6.07, 6.45) is 9.62. The van der Waals surface area contributed by atoms with E-state index in [1.54, 1.807) is 0 Å². The van der Waals surface area contributed by atoms with E-state index in [2.05, 4.69) is 63.0 Å². The number of benzene rings is 1. The number of rotatable bonds is 11. The third-order valence-corrected chi connectivity index (χ3v) is 5.25. The summed E-state index contributed by atoms with van der Waals surface area (Å²) in [7, 11) is 0. The van der Waals surface area contributed by atoms with E-state index in [0.29, 0.717) is 0 Å². The van der Waals surface area contributed by atoms with Crippen molar-refractivity contribution in [2.45, 2.75) is 77.9 Å². The van der Waals surface area contributed by atoms with E-state index in [0.717, 1.165) is 11.1 Å². The number of unbranched alkanes of at least 4 members (excludes halogenated alkanes) is 4. The molecule has 1 aromatic carbocycles. The molecule has 1 atom stereocenters. The van der Waals surface area contributed by atoms with Crippen molar-refractivity contribution >= 4 is 17.4 Å². The van der Waals surface area contributed by atoms with E-state index < -0.39 is 0 Å². The predicted molar refractivity (Wildman–Crippen MR) is 99.5 cm³/mol. The zero-order valence-electron chi connectivity index (χ0n) is 14.4. The highest BCUT2D eigenvalue weighted by Gasteiger charge is 2.06. The Bertz CT molecular complexity index is 369. The first-order valence-corrected chi connectivity index (χ1v) is 9.64. The lowest BCUT2D eigenvalue weighted by molar-refractivity contribution is 0.592. The zero-order valence-corrected chi connectivity index (χ0v) is 15.2. The van der Waals surface area contributed by atoms with Gasteiger partial charge in [0.2, 0.25) is 0 Å². The fraction of sp³-hybridized carbons (Fsp3) is 0.684. The van der Waals surface area contributed by atoms with Crippen LogP contribution in [-0.2, 0) is 0 Å². The topological polar surface area (TPSA) is 12.0 Å². The predicted octanol–water partition coefficient (Wildman–Crippen LogP) is 6.55. The van der Waals surface area contributed by atoms with Crippen molar-refractivity contribution in [3.63, 3.8) is 0 Å². The second kappa shape index (κ2) is 11.0. The lowest BCUT2D eigenvalue weighted by atomic mass is 10.1. The van der Waals surface area contributed by atoms with Crippen LogP contribution >= 0.6 is 11.8 Å². The van der Waals surface area contributed by atoms with Gasteiger partial charge in [0.05, 0.1) is 5.88 Å². The van der Waals surface area contributed by atoms with Crippen molar-refractivity contribution in [1.29, 1.82) is 0 Å². The van der Waals surface area contributed by atoms with Crippen molar-refractivity contribution in [2.75, 3.05) is 11.2 Å². The molecular formula is C19H33NS. The highest BCUT2D eigenvalue weighted by Crippen LogP contribution is 2.22. The van der Waals surface area contributed by atoms with Gasteiger partial charge in [-0.1, -0.05) is 52.0 Å². The summed E-state index contributed by atoms with van der Waals surface area (Å²) in [5, 5.41) is 4.37. The average Bonchev–Trinajstić information content (AvgIpc) is 2.44. The molecule has 0 heterocycles. The minimum atomic E-state index is 0.810. The summed E-state index contributed by atoms with van der Waals surface area (Å²) in [5.41, 5.74) is 3.94. The van der Waals surface area contributed by atoms with Crippen LogP contribution in [0.15, 0.2) is 18.2 Å². The largest absolute Gasteiger partial charge is 0.376 e. The first-order chi connectivity index (χ1) is 10.2. The summed E-state index contributed by atoms with van der Waals surface area (Å²) in [6.45, 7) is 8.93. The summed E-state index contributed by atoms with van der Waals surface area (Å²) in [4.78, 5) is 0. The zero-order chi connectivity index (χ0) is 15.5. The van der Waals surface area contributed by atoms with Crippen LogP contribution in [0.3, 0.4) is 0 Å². The van der Waals surface area contributed by atoms with Crippen LogP contribution in [0.5, 0.6) is 0 Å². The van der Waals surface area contributed by atoms with E-state index in [4.69, 9.17) is 0 Å². The molecule has 0 saturated heterocycles. The molecule has 0 bridgehead atoms. The first kappa shape index (κ1) is 18.4. The Morgan fingerprint density at radius 1 is 0.952 bits per heavy atom. The molecule has 1 rings (SSSR count). The third-order valence-electron chi connectivity index (χ3n) is 3.90. The van der Waals surface area contributed by atoms with E-state index in [-0.39, 0.29) is 0 Å². The van der Waals surface area contributed by atoms with Crippen molar-refractivity contribution in [2.24, 2.45) is 0 Å². The molecule has 0 fully saturated rings. The van der Waals surface area contributed by atoms with E-state index >= 15 is 0 Å². The number of thioether (sulfide) groups is 1. The van der Waals surface area contributed by atoms with Gasteiger partial charge in [-0.25, -0.2) is 0 Å². The molecule has 0 radical (unpaired) electrons. The molecule has 1 N–H and O–H groups in total. The lowest BCUT2D eigenvalue weighted by Gasteiger charge is -2.16. The van der Waals surface area contributed by atoms with Crippen LogP contribution in [0, 0.1) is 13.8 Å². The van der Waals surface area contributed by atoms with E-state index in [1.807, 2.05) is 0 Å². The smallest absolute Gasteiger partial charge is 0.0613 e. The lowest BCUT2D eigenvalue weighted by Crippen LogP contribution is -2.07. The Morgan fingerprint density at radius 3 is 2.24 bits per heavy atom. The van der Waals surface area contributed by atoms with Gasteiger partial charge in [-0.05, 0) is 49.9 Å². The van der Waals surface area contributed by atoms with Crippen LogP contribution in [0.1, 0.15) is 69.9 Å². The number of hydrogen-bond donors (Lipinski definition) is 1. The number of anilines is 1. The van der Waals surface area contributed by atoms with Gasteiger partial charge in [0.15, 0.2) is 0 Å². The SMILES string of the molecule is CCCCCCC[C@@H](CC)SCNc1cc(C)cc(C)c1. The Morgan fingerprint density at radius 2 is 1.62 bits per heavy atom. The molecule has 0 amide bonds. The summed E-state index contributed by atoms with van der Waals surface area (Å²) < 4.78 is 0. The fourth-order valence-corrected chi connectivity index (χ4v) is 3.76. The summed E-state index contributed by atoms with van der Waals surface area (Å²) in [6, 6.07) is 6.70. The molecule has 2 heteroatoms. The van der Waals surface area contributed by atoms with Gasteiger partial charge in [-0.15, -0.1) is 11.8 Å². The van der Waals surface area contributed by atoms with Gasteiger partial charge in [0, 0.05) is 10.9 Å². The van der Waals surface area contributed by atoms with Crippen LogP contribution in [0.25, 0.3) is 0 Å². The molecule has 0 unspecified atom stereocenters. The molecule has 120 valence electrons. The normalized spacial score (nSPS) is 12.4. The molecular weight excluding hydrogens is 274 g/mol. The van der Waals surface area contributed by atoms with Gasteiger partial charge < -0.3 is 5.32 Å². The van der Waals surface area contributed by atoms with Gasteiger partial charge in [-0.3, -0.25) is 0 Å². The van der Waals surface area contributed by atoms with Gasteiger partial charge in [0.1, 0.15) is 0 Å². The monoisotopic (exact) mass is 307 g/mol. The summed E-state index contributed by atoms with van der Waals surface area (Å²) in [5.74, 6) is 1.02. The molecule has 21 heavy (non-hydrogen) atoms. The highest BCUT2D eigenvalue weighted by molar-refractivity contribution is 7.99. The maximum absolute atomic E-state index is 3.56. The van der Waals surface area contributed by atoms with Crippen LogP contribution in [0.2, 0.25) is 0 Å². The fourth-order valence-electron chi connectivity index (χ4n) is 2.70. The molecule has 1 aromatic rings. The van der Waals surface area contributed by atoms with Gasteiger partial charge in [-0.2, -0.15) is 0 Å². The summed E-state index contributed by atoms with van der Waals surface area (Å²) >= 11 is 2.08. The quantitative estimate of drug-likeness (QED) is 0.368. The highest BCUT2D eigenvalue weighted by atomic mass is 32.2. The van der Waals surface area contributed by atoms with Crippen LogP contribution < -0.4 is 5.32 Å². The molecule has 0 aliphatic carbocycles. The molecule has 0 aliphatic rings. The van der Waals surface area contributed by atoms with E-state index in [1.165, 1.54) is 61.8 Å². The standard InChI is InChI=1S/C19H33NS/c1-5-7-8-9-10-11-19(6-2)21-15-20-18-13-16(3)12-17(4)14-18/h12-14,19-20H,5-11,15H2,1-4H3/t19-/m1/s1. The first-order valence-electron chi connectivity index (χ1n) is 8.59. The molecule has 1 nitrogen and oxygen atoms in total. The van der Waals surface area contributed by atoms with Crippen molar-refractivity contribution < 1.29 is 0 Å².